The van der Waals surface area contributed by atoms with Gasteiger partial charge in [0.1, 0.15) is 5.75 Å². The molecule has 5 nitrogen and oxygen atoms in total. The average molecular weight is 398 g/mol. The minimum atomic E-state index is -0.891. The maximum Gasteiger partial charge on any atom is 0.303 e. The lowest BCUT2D eigenvalue weighted by Crippen LogP contribution is -2.32. The van der Waals surface area contributed by atoms with Crippen LogP contribution in [-0.4, -0.2) is 30.6 Å². The molecule has 0 saturated carbocycles. The molecular weight excluding hydrogens is 378 g/mol. The highest BCUT2D eigenvalue weighted by Gasteiger charge is 2.20. The summed E-state index contributed by atoms with van der Waals surface area (Å²) in [6, 6.07) is 18.0. The molecular formula is C22H20ClNO4. The Morgan fingerprint density at radius 2 is 1.68 bits per heavy atom. The molecule has 1 amide bonds. The third kappa shape index (κ3) is 4.26. The minimum absolute atomic E-state index is 0.0160. The molecule has 0 aliphatic rings. The number of hydrogen-bond donors (Lipinski definition) is 1. The second kappa shape index (κ2) is 8.76. The van der Waals surface area contributed by atoms with Gasteiger partial charge in [-0.05, 0) is 42.8 Å². The van der Waals surface area contributed by atoms with Gasteiger partial charge in [0.05, 0.1) is 12.8 Å². The highest BCUT2D eigenvalue weighted by atomic mass is 35.5. The van der Waals surface area contributed by atoms with Crippen LogP contribution in [0.25, 0.3) is 10.8 Å². The summed E-state index contributed by atoms with van der Waals surface area (Å²) in [7, 11) is 1.56. The van der Waals surface area contributed by atoms with E-state index < -0.39 is 5.97 Å². The number of aliphatic carboxylic acids is 1. The molecule has 3 aromatic carbocycles. The molecule has 0 aliphatic heterocycles. The van der Waals surface area contributed by atoms with E-state index in [4.69, 9.17) is 21.4 Å². The summed E-state index contributed by atoms with van der Waals surface area (Å²) in [6.45, 7) is 0.281. The third-order valence-corrected chi connectivity index (χ3v) is 4.82. The number of ether oxygens (including phenoxy) is 1. The van der Waals surface area contributed by atoms with Crippen molar-refractivity contribution in [2.24, 2.45) is 0 Å². The Bertz CT molecular complexity index is 1000. The third-order valence-electron chi connectivity index (χ3n) is 4.49. The monoisotopic (exact) mass is 397 g/mol. The van der Waals surface area contributed by atoms with Crippen molar-refractivity contribution in [1.82, 2.24) is 0 Å². The average Bonchev–Trinajstić information content (AvgIpc) is 2.72. The highest BCUT2D eigenvalue weighted by Crippen LogP contribution is 2.33. The van der Waals surface area contributed by atoms with Crippen molar-refractivity contribution >= 4 is 39.9 Å². The zero-order valence-corrected chi connectivity index (χ0v) is 16.1. The lowest BCUT2D eigenvalue weighted by Gasteiger charge is -2.25. The van der Waals surface area contributed by atoms with Crippen LogP contribution in [-0.2, 0) is 4.79 Å². The summed E-state index contributed by atoms with van der Waals surface area (Å²) >= 11 is 6.31. The Morgan fingerprint density at radius 1 is 1.00 bits per heavy atom. The first-order chi connectivity index (χ1) is 13.5. The Hall–Kier alpha value is -3.05. The Morgan fingerprint density at radius 3 is 2.32 bits per heavy atom. The fourth-order valence-electron chi connectivity index (χ4n) is 3.09. The van der Waals surface area contributed by atoms with Crippen LogP contribution in [0.3, 0.4) is 0 Å². The van der Waals surface area contributed by atoms with Crippen molar-refractivity contribution in [3.8, 4) is 5.75 Å². The van der Waals surface area contributed by atoms with Crippen LogP contribution >= 0.6 is 11.6 Å². The number of hydrogen-bond acceptors (Lipinski definition) is 3. The van der Waals surface area contributed by atoms with E-state index in [0.717, 1.165) is 10.8 Å². The Balaban J connectivity index is 2.02. The number of methoxy groups -OCH3 is 1. The lowest BCUT2D eigenvalue weighted by atomic mass is 10.1. The molecule has 144 valence electrons. The second-order valence-corrected chi connectivity index (χ2v) is 6.70. The predicted octanol–water partition coefficient (Wildman–Crippen LogP) is 5.01. The van der Waals surface area contributed by atoms with E-state index >= 15 is 0 Å². The van der Waals surface area contributed by atoms with E-state index in [1.54, 1.807) is 48.4 Å². The molecule has 0 fully saturated rings. The number of carboxylic acid groups (broad SMARTS) is 1. The molecule has 0 aliphatic carbocycles. The molecule has 0 heterocycles. The number of rotatable bonds is 7. The molecule has 0 unspecified atom stereocenters. The molecule has 0 spiro atoms. The first-order valence-electron chi connectivity index (χ1n) is 8.86. The largest absolute Gasteiger partial charge is 0.497 e. The van der Waals surface area contributed by atoms with E-state index in [0.29, 0.717) is 28.4 Å². The molecule has 3 rings (SSSR count). The Labute approximate surface area is 168 Å². The van der Waals surface area contributed by atoms with E-state index in [9.17, 15) is 9.59 Å². The number of carbonyl (C=O) groups is 2. The second-order valence-electron chi connectivity index (χ2n) is 6.29. The minimum Gasteiger partial charge on any atom is -0.497 e. The molecule has 0 aromatic heterocycles. The molecule has 0 radical (unpaired) electrons. The van der Waals surface area contributed by atoms with Crippen molar-refractivity contribution in [3.63, 3.8) is 0 Å². The van der Waals surface area contributed by atoms with Crippen LogP contribution in [0.5, 0.6) is 5.75 Å². The first kappa shape index (κ1) is 19.7. The predicted molar refractivity (Wildman–Crippen MR) is 110 cm³/mol. The summed E-state index contributed by atoms with van der Waals surface area (Å²) in [5, 5.41) is 11.3. The van der Waals surface area contributed by atoms with Crippen molar-refractivity contribution in [1.29, 1.82) is 0 Å². The van der Waals surface area contributed by atoms with Crippen LogP contribution in [0.15, 0.2) is 60.7 Å². The van der Waals surface area contributed by atoms with Gasteiger partial charge in [0.2, 0.25) is 0 Å². The summed E-state index contributed by atoms with van der Waals surface area (Å²) in [4.78, 5) is 25.8. The molecule has 3 aromatic rings. The summed E-state index contributed by atoms with van der Waals surface area (Å²) < 4.78 is 5.15. The number of fused-ring (bicyclic) bond motifs is 1. The van der Waals surface area contributed by atoms with E-state index in [2.05, 4.69) is 0 Å². The van der Waals surface area contributed by atoms with Gasteiger partial charge in [0.15, 0.2) is 0 Å². The van der Waals surface area contributed by atoms with Gasteiger partial charge < -0.3 is 14.7 Å². The van der Waals surface area contributed by atoms with Gasteiger partial charge in [-0.3, -0.25) is 9.59 Å². The first-order valence-corrected chi connectivity index (χ1v) is 9.24. The molecule has 28 heavy (non-hydrogen) atoms. The van der Waals surface area contributed by atoms with Crippen LogP contribution < -0.4 is 9.64 Å². The SMILES string of the molecule is COc1ccc(C(=O)N(CCCC(=O)O)c2ccc(Cl)c3ccccc23)cc1. The van der Waals surface area contributed by atoms with Crippen LogP contribution in [0.2, 0.25) is 5.02 Å². The van der Waals surface area contributed by atoms with E-state index in [-0.39, 0.29) is 18.9 Å². The molecule has 1 N–H and O–H groups in total. The number of carbonyl (C=O) groups excluding carboxylic acids is 1. The number of halogens is 1. The molecule has 0 atom stereocenters. The number of anilines is 1. The zero-order chi connectivity index (χ0) is 20.1. The van der Waals surface area contributed by atoms with Crippen molar-refractivity contribution in [3.05, 3.63) is 71.2 Å². The van der Waals surface area contributed by atoms with Crippen LogP contribution in [0.1, 0.15) is 23.2 Å². The topological polar surface area (TPSA) is 66.8 Å². The number of benzene rings is 3. The lowest BCUT2D eigenvalue weighted by molar-refractivity contribution is -0.137. The quantitative estimate of drug-likeness (QED) is 0.608. The van der Waals surface area contributed by atoms with Crippen LogP contribution in [0, 0.1) is 0 Å². The number of carboxylic acids is 1. The van der Waals surface area contributed by atoms with Gasteiger partial charge >= 0.3 is 5.97 Å². The molecule has 6 heteroatoms. The zero-order valence-electron chi connectivity index (χ0n) is 15.4. The van der Waals surface area contributed by atoms with Gasteiger partial charge in [-0.15, -0.1) is 0 Å². The summed E-state index contributed by atoms with van der Waals surface area (Å²) in [5.74, 6) is -0.441. The van der Waals surface area contributed by atoms with Crippen LogP contribution in [0.4, 0.5) is 5.69 Å². The maximum atomic E-state index is 13.3. The van der Waals surface area contributed by atoms with Crippen molar-refractivity contribution in [2.75, 3.05) is 18.6 Å². The van der Waals surface area contributed by atoms with Gasteiger partial charge in [0, 0.05) is 34.3 Å². The van der Waals surface area contributed by atoms with E-state index in [1.165, 1.54) is 0 Å². The Kier molecular flexibility index (Phi) is 6.16. The van der Waals surface area contributed by atoms with Gasteiger partial charge in [-0.2, -0.15) is 0 Å². The standard InChI is InChI=1S/C22H20ClNO4/c1-28-16-10-8-15(9-11-16)22(27)24(14-4-7-21(25)26)20-13-12-19(23)17-5-2-3-6-18(17)20/h2-3,5-6,8-13H,4,7,14H2,1H3,(H,25,26). The number of amides is 1. The maximum absolute atomic E-state index is 13.3. The van der Waals surface area contributed by atoms with E-state index in [1.807, 2.05) is 24.3 Å². The number of nitrogens with zero attached hydrogens (tertiary/aromatic N) is 1. The van der Waals surface area contributed by atoms with Gasteiger partial charge in [-0.1, -0.05) is 35.9 Å². The summed E-state index contributed by atoms with van der Waals surface area (Å²) in [6.07, 6.45) is 0.325. The van der Waals surface area contributed by atoms with Crippen molar-refractivity contribution in [2.45, 2.75) is 12.8 Å². The highest BCUT2D eigenvalue weighted by molar-refractivity contribution is 6.36. The van der Waals surface area contributed by atoms with Gasteiger partial charge in [0.25, 0.3) is 5.91 Å². The fraction of sp³-hybridized carbons (Fsp3) is 0.182. The van der Waals surface area contributed by atoms with Crippen molar-refractivity contribution < 1.29 is 19.4 Å². The molecule has 0 bridgehead atoms. The normalized spacial score (nSPS) is 10.6. The smallest absolute Gasteiger partial charge is 0.303 e. The molecule has 0 saturated heterocycles. The fourth-order valence-corrected chi connectivity index (χ4v) is 3.32. The summed E-state index contributed by atoms with van der Waals surface area (Å²) in [5.41, 5.74) is 1.20. The van der Waals surface area contributed by atoms with Gasteiger partial charge in [-0.25, -0.2) is 0 Å².